The summed E-state index contributed by atoms with van der Waals surface area (Å²) in [6.07, 6.45) is 1.03. The Morgan fingerprint density at radius 1 is 1.10 bits per heavy atom. The van der Waals surface area contributed by atoms with Gasteiger partial charge >= 0.3 is 0 Å². The molecule has 4 rings (SSSR count). The van der Waals surface area contributed by atoms with Gasteiger partial charge in [-0.1, -0.05) is 23.7 Å². The lowest BCUT2D eigenvalue weighted by Gasteiger charge is -2.17. The fourth-order valence-corrected chi connectivity index (χ4v) is 4.19. The fourth-order valence-electron chi connectivity index (χ4n) is 3.41. The molecule has 2 aromatic carbocycles. The van der Waals surface area contributed by atoms with Crippen molar-refractivity contribution in [2.24, 2.45) is 0 Å². The summed E-state index contributed by atoms with van der Waals surface area (Å²) >= 11 is 7.56. The van der Waals surface area contributed by atoms with Gasteiger partial charge < -0.3 is 15.5 Å². The fraction of sp³-hybridized carbons (Fsp3) is 0.182. The van der Waals surface area contributed by atoms with Crippen LogP contribution in [0.25, 0.3) is 0 Å². The van der Waals surface area contributed by atoms with E-state index >= 15 is 0 Å². The van der Waals surface area contributed by atoms with Gasteiger partial charge in [0.15, 0.2) is 0 Å². The minimum Gasteiger partial charge on any atom is -0.371 e. The standard InChI is InChI=1S/C22H20ClN3O2S/c1-2-26-10-9-14-5-7-16(13-19(14)26)24-21(27)15-6-8-17(23)18(12-15)25-22(28)20-4-3-11-29-20/h3-8,11-13H,2,9-10H2,1H3,(H,24,27)(H,25,28). The number of anilines is 3. The molecule has 148 valence electrons. The lowest BCUT2D eigenvalue weighted by molar-refractivity contribution is 0.101. The molecule has 0 saturated heterocycles. The molecule has 0 atom stereocenters. The average molecular weight is 426 g/mol. The summed E-state index contributed by atoms with van der Waals surface area (Å²) < 4.78 is 0. The van der Waals surface area contributed by atoms with Crippen LogP contribution in [0.4, 0.5) is 17.1 Å². The van der Waals surface area contributed by atoms with Crippen LogP contribution in [0.3, 0.4) is 0 Å². The molecule has 0 radical (unpaired) electrons. The van der Waals surface area contributed by atoms with E-state index in [1.54, 1.807) is 30.3 Å². The second-order valence-corrected chi connectivity index (χ2v) is 8.11. The number of benzene rings is 2. The number of amides is 2. The number of fused-ring (bicyclic) bond motifs is 1. The zero-order valence-corrected chi connectivity index (χ0v) is 17.4. The van der Waals surface area contributed by atoms with E-state index in [4.69, 9.17) is 11.6 Å². The molecule has 3 aromatic rings. The Balaban J connectivity index is 1.51. The number of nitrogens with one attached hydrogen (secondary N) is 2. The van der Waals surface area contributed by atoms with Gasteiger partial charge in [-0.15, -0.1) is 11.3 Å². The summed E-state index contributed by atoms with van der Waals surface area (Å²) in [6, 6.07) is 14.4. The van der Waals surface area contributed by atoms with Gasteiger partial charge in [0.25, 0.3) is 11.8 Å². The van der Waals surface area contributed by atoms with Gasteiger partial charge in [-0.25, -0.2) is 0 Å². The van der Waals surface area contributed by atoms with Crippen LogP contribution in [0, 0.1) is 0 Å². The van der Waals surface area contributed by atoms with Crippen LogP contribution < -0.4 is 15.5 Å². The zero-order chi connectivity index (χ0) is 20.4. The van der Waals surface area contributed by atoms with Gasteiger partial charge in [0.1, 0.15) is 0 Å². The second-order valence-electron chi connectivity index (χ2n) is 6.75. The molecule has 0 saturated carbocycles. The first-order chi connectivity index (χ1) is 14.0. The van der Waals surface area contributed by atoms with Crippen molar-refractivity contribution in [3.8, 4) is 0 Å². The van der Waals surface area contributed by atoms with Crippen LogP contribution in [-0.2, 0) is 6.42 Å². The van der Waals surface area contributed by atoms with Crippen molar-refractivity contribution in [1.29, 1.82) is 0 Å². The molecular formula is C22H20ClN3O2S. The molecule has 0 spiro atoms. The lowest BCUT2D eigenvalue weighted by atomic mass is 10.1. The number of likely N-dealkylation sites (N-methyl/N-ethyl adjacent to an activating group) is 1. The molecule has 29 heavy (non-hydrogen) atoms. The molecule has 1 aliphatic heterocycles. The highest BCUT2D eigenvalue weighted by molar-refractivity contribution is 7.12. The molecular weight excluding hydrogens is 406 g/mol. The third-order valence-electron chi connectivity index (χ3n) is 4.94. The van der Waals surface area contributed by atoms with Crippen LogP contribution in [-0.4, -0.2) is 24.9 Å². The average Bonchev–Trinajstić information content (AvgIpc) is 3.39. The first kappa shape index (κ1) is 19.5. The maximum absolute atomic E-state index is 12.8. The molecule has 0 fully saturated rings. The van der Waals surface area contributed by atoms with Gasteiger partial charge in [-0.3, -0.25) is 9.59 Å². The van der Waals surface area contributed by atoms with E-state index in [1.165, 1.54) is 22.6 Å². The summed E-state index contributed by atoms with van der Waals surface area (Å²) in [7, 11) is 0. The van der Waals surface area contributed by atoms with E-state index in [9.17, 15) is 9.59 Å². The summed E-state index contributed by atoms with van der Waals surface area (Å²) in [6.45, 7) is 4.07. The predicted octanol–water partition coefficient (Wildman–Crippen LogP) is 5.29. The summed E-state index contributed by atoms with van der Waals surface area (Å²) in [5.74, 6) is -0.507. The first-order valence-corrected chi connectivity index (χ1v) is 10.6. The molecule has 5 nitrogen and oxygen atoms in total. The number of halogens is 1. The van der Waals surface area contributed by atoms with Crippen molar-refractivity contribution in [2.45, 2.75) is 13.3 Å². The van der Waals surface area contributed by atoms with Crippen molar-refractivity contribution in [2.75, 3.05) is 28.6 Å². The number of hydrogen-bond donors (Lipinski definition) is 2. The Morgan fingerprint density at radius 2 is 1.97 bits per heavy atom. The summed E-state index contributed by atoms with van der Waals surface area (Å²) in [5, 5.41) is 7.92. The first-order valence-electron chi connectivity index (χ1n) is 9.39. The van der Waals surface area contributed by atoms with E-state index in [0.717, 1.165) is 25.2 Å². The van der Waals surface area contributed by atoms with Crippen molar-refractivity contribution >= 4 is 51.8 Å². The number of nitrogens with zero attached hydrogens (tertiary/aromatic N) is 1. The monoisotopic (exact) mass is 425 g/mol. The van der Waals surface area contributed by atoms with E-state index in [2.05, 4.69) is 28.5 Å². The minimum atomic E-state index is -0.255. The number of rotatable bonds is 5. The number of carbonyl (C=O) groups excluding carboxylic acids is 2. The quantitative estimate of drug-likeness (QED) is 0.584. The molecule has 7 heteroatoms. The maximum Gasteiger partial charge on any atom is 0.265 e. The topological polar surface area (TPSA) is 61.4 Å². The Hall–Kier alpha value is -2.83. The van der Waals surface area contributed by atoms with Crippen molar-refractivity contribution in [3.63, 3.8) is 0 Å². The van der Waals surface area contributed by atoms with E-state index in [-0.39, 0.29) is 11.8 Å². The van der Waals surface area contributed by atoms with Crippen LogP contribution in [0.5, 0.6) is 0 Å². The van der Waals surface area contributed by atoms with E-state index < -0.39 is 0 Å². The van der Waals surface area contributed by atoms with Crippen molar-refractivity contribution in [1.82, 2.24) is 0 Å². The molecule has 0 aliphatic carbocycles. The molecule has 1 aliphatic rings. The third-order valence-corrected chi connectivity index (χ3v) is 6.14. The normalized spacial score (nSPS) is 12.6. The molecule has 0 bridgehead atoms. The maximum atomic E-state index is 12.8. The van der Waals surface area contributed by atoms with Gasteiger partial charge in [0.05, 0.1) is 15.6 Å². The molecule has 0 unspecified atom stereocenters. The smallest absolute Gasteiger partial charge is 0.265 e. The van der Waals surface area contributed by atoms with E-state index in [0.29, 0.717) is 21.2 Å². The van der Waals surface area contributed by atoms with Crippen LogP contribution in [0.2, 0.25) is 5.02 Å². The van der Waals surface area contributed by atoms with E-state index in [1.807, 2.05) is 17.5 Å². The lowest BCUT2D eigenvalue weighted by Crippen LogP contribution is -2.19. The highest BCUT2D eigenvalue weighted by Gasteiger charge is 2.19. The van der Waals surface area contributed by atoms with Gasteiger partial charge in [-0.05, 0) is 60.7 Å². The van der Waals surface area contributed by atoms with Gasteiger partial charge in [0, 0.05) is 30.0 Å². The summed E-state index contributed by atoms with van der Waals surface area (Å²) in [4.78, 5) is 27.9. The highest BCUT2D eigenvalue weighted by Crippen LogP contribution is 2.31. The van der Waals surface area contributed by atoms with Crippen molar-refractivity contribution < 1.29 is 9.59 Å². The molecule has 1 aromatic heterocycles. The van der Waals surface area contributed by atoms with Crippen LogP contribution >= 0.6 is 22.9 Å². The van der Waals surface area contributed by atoms with Crippen LogP contribution in [0.15, 0.2) is 53.9 Å². The van der Waals surface area contributed by atoms with Gasteiger partial charge in [-0.2, -0.15) is 0 Å². The van der Waals surface area contributed by atoms with Crippen molar-refractivity contribution in [3.05, 3.63) is 74.9 Å². The Labute approximate surface area is 178 Å². The molecule has 2 N–H and O–H groups in total. The van der Waals surface area contributed by atoms with Gasteiger partial charge in [0.2, 0.25) is 0 Å². The molecule has 2 amide bonds. The highest BCUT2D eigenvalue weighted by atomic mass is 35.5. The number of carbonyl (C=O) groups is 2. The number of thiophene rings is 1. The Bertz CT molecular complexity index is 1070. The predicted molar refractivity (Wildman–Crippen MR) is 120 cm³/mol. The largest absolute Gasteiger partial charge is 0.371 e. The molecule has 2 heterocycles. The third kappa shape index (κ3) is 4.13. The second kappa shape index (κ2) is 8.27. The van der Waals surface area contributed by atoms with Crippen LogP contribution in [0.1, 0.15) is 32.5 Å². The minimum absolute atomic E-state index is 0.252. The Kier molecular flexibility index (Phi) is 5.56. The SMILES string of the molecule is CCN1CCc2ccc(NC(=O)c3ccc(Cl)c(NC(=O)c4cccs4)c3)cc21. The Morgan fingerprint density at radius 3 is 2.72 bits per heavy atom. The number of hydrogen-bond acceptors (Lipinski definition) is 4. The zero-order valence-electron chi connectivity index (χ0n) is 15.9. The summed E-state index contributed by atoms with van der Waals surface area (Å²) in [5.41, 5.74) is 4.04.